The maximum atomic E-state index is 13.1. The molecule has 5 heteroatoms. The van der Waals surface area contributed by atoms with E-state index >= 15 is 0 Å². The van der Waals surface area contributed by atoms with E-state index in [9.17, 15) is 4.79 Å². The van der Waals surface area contributed by atoms with Crippen LogP contribution in [0.4, 0.5) is 0 Å². The van der Waals surface area contributed by atoms with Gasteiger partial charge in [-0.3, -0.25) is 9.69 Å². The first-order valence-electron chi connectivity index (χ1n) is 12.6. The lowest BCUT2D eigenvalue weighted by Crippen LogP contribution is -2.50. The van der Waals surface area contributed by atoms with E-state index in [2.05, 4.69) is 77.4 Å². The summed E-state index contributed by atoms with van der Waals surface area (Å²) in [7, 11) is 0. The van der Waals surface area contributed by atoms with Crippen LogP contribution >= 0.6 is 11.6 Å². The molecular formula is C30H33ClN2O2. The molecule has 35 heavy (non-hydrogen) atoms. The lowest BCUT2D eigenvalue weighted by atomic mass is 10.1. The van der Waals surface area contributed by atoms with Crippen molar-refractivity contribution in [1.29, 1.82) is 0 Å². The van der Waals surface area contributed by atoms with Crippen molar-refractivity contribution in [3.8, 4) is 0 Å². The van der Waals surface area contributed by atoms with Crippen LogP contribution in [-0.4, -0.2) is 48.4 Å². The molecule has 0 bridgehead atoms. The number of rotatable bonds is 8. The van der Waals surface area contributed by atoms with Crippen molar-refractivity contribution in [3.05, 3.63) is 106 Å². The van der Waals surface area contributed by atoms with Gasteiger partial charge in [-0.15, -0.1) is 0 Å². The topological polar surface area (TPSA) is 32.8 Å². The van der Waals surface area contributed by atoms with E-state index in [4.69, 9.17) is 16.3 Å². The van der Waals surface area contributed by atoms with Crippen LogP contribution in [0, 0.1) is 12.8 Å². The van der Waals surface area contributed by atoms with Crippen molar-refractivity contribution >= 4 is 17.5 Å². The van der Waals surface area contributed by atoms with Crippen LogP contribution in [0.5, 0.6) is 0 Å². The first-order valence-corrected chi connectivity index (χ1v) is 12.9. The number of hydrogen-bond acceptors (Lipinski definition) is 3. The molecule has 3 atom stereocenters. The number of ether oxygens (including phenoxy) is 1. The van der Waals surface area contributed by atoms with Crippen LogP contribution in [0.15, 0.2) is 78.9 Å². The van der Waals surface area contributed by atoms with Crippen molar-refractivity contribution in [3.63, 3.8) is 0 Å². The average Bonchev–Trinajstić information content (AvgIpc) is 3.69. The van der Waals surface area contributed by atoms with Crippen molar-refractivity contribution in [2.75, 3.05) is 32.7 Å². The van der Waals surface area contributed by atoms with Gasteiger partial charge < -0.3 is 9.64 Å². The van der Waals surface area contributed by atoms with E-state index in [0.717, 1.165) is 49.7 Å². The second-order valence-corrected chi connectivity index (χ2v) is 10.3. The second-order valence-electron chi connectivity index (χ2n) is 9.83. The predicted molar refractivity (Wildman–Crippen MR) is 140 cm³/mol. The lowest BCUT2D eigenvalue weighted by molar-refractivity contribution is -0.134. The summed E-state index contributed by atoms with van der Waals surface area (Å²) in [6.45, 7) is 6.76. The Bertz CT molecular complexity index is 1130. The molecule has 1 saturated carbocycles. The minimum absolute atomic E-state index is 0.0547. The molecule has 1 saturated heterocycles. The number of hydrogen-bond donors (Lipinski definition) is 0. The molecule has 0 unspecified atom stereocenters. The summed E-state index contributed by atoms with van der Waals surface area (Å²) in [6.07, 6.45) is 0.926. The van der Waals surface area contributed by atoms with Crippen LogP contribution in [0.2, 0.25) is 5.02 Å². The largest absolute Gasteiger partial charge is 0.368 e. The Morgan fingerprint density at radius 3 is 2.43 bits per heavy atom. The standard InChI is InChI=1S/C30H33ClN2O2/c1-22-6-5-7-23(18-22)21-35-29(25-10-12-26(31)13-11-25)20-32-14-16-33(17-15-32)30(34)28-19-27(28)24-8-3-2-4-9-24/h2-13,18,27-29H,14-17,19-21H2,1H3/t27-,28-,29-/m0/s1. The van der Waals surface area contributed by atoms with E-state index in [0.29, 0.717) is 18.4 Å². The quantitative estimate of drug-likeness (QED) is 0.398. The molecule has 3 aromatic carbocycles. The molecule has 0 radical (unpaired) electrons. The summed E-state index contributed by atoms with van der Waals surface area (Å²) in [5, 5.41) is 0.729. The zero-order valence-corrected chi connectivity index (χ0v) is 21.0. The molecule has 5 rings (SSSR count). The van der Waals surface area contributed by atoms with Crippen LogP contribution in [0.1, 0.15) is 40.7 Å². The molecular weight excluding hydrogens is 456 g/mol. The maximum absolute atomic E-state index is 13.1. The van der Waals surface area contributed by atoms with E-state index in [1.54, 1.807) is 0 Å². The molecule has 3 aromatic rings. The van der Waals surface area contributed by atoms with Gasteiger partial charge in [0.1, 0.15) is 0 Å². The fourth-order valence-electron chi connectivity index (χ4n) is 5.09. The van der Waals surface area contributed by atoms with Crippen LogP contribution in [-0.2, 0) is 16.1 Å². The Hall–Kier alpha value is -2.66. The summed E-state index contributed by atoms with van der Waals surface area (Å²) in [5.41, 5.74) is 4.84. The molecule has 1 aliphatic carbocycles. The SMILES string of the molecule is Cc1cccc(CO[C@@H](CN2CCN(C(=O)[C@H]3C[C@H]3c3ccccc3)CC2)c2ccc(Cl)cc2)c1. The summed E-state index contributed by atoms with van der Waals surface area (Å²) >= 11 is 6.14. The van der Waals surface area contributed by atoms with Gasteiger partial charge in [-0.2, -0.15) is 0 Å². The Balaban J connectivity index is 1.17. The van der Waals surface area contributed by atoms with Gasteiger partial charge in [0.25, 0.3) is 0 Å². The second kappa shape index (κ2) is 10.9. The molecule has 4 nitrogen and oxygen atoms in total. The highest BCUT2D eigenvalue weighted by Gasteiger charge is 2.46. The predicted octanol–water partition coefficient (Wildman–Crippen LogP) is 5.85. The molecule has 2 fully saturated rings. The highest BCUT2D eigenvalue weighted by Crippen LogP contribution is 2.48. The van der Waals surface area contributed by atoms with Crippen molar-refractivity contribution in [2.45, 2.75) is 32.0 Å². The Morgan fingerprint density at radius 1 is 0.971 bits per heavy atom. The average molecular weight is 489 g/mol. The summed E-state index contributed by atoms with van der Waals surface area (Å²) in [6, 6.07) is 26.9. The zero-order chi connectivity index (χ0) is 24.2. The monoisotopic (exact) mass is 488 g/mol. The minimum Gasteiger partial charge on any atom is -0.368 e. The van der Waals surface area contributed by atoms with Gasteiger partial charge >= 0.3 is 0 Å². The van der Waals surface area contributed by atoms with Crippen molar-refractivity contribution in [1.82, 2.24) is 9.80 Å². The van der Waals surface area contributed by atoms with Gasteiger partial charge in [-0.1, -0.05) is 83.9 Å². The van der Waals surface area contributed by atoms with Gasteiger partial charge in [0.2, 0.25) is 5.91 Å². The number of halogens is 1. The first kappa shape index (κ1) is 24.1. The number of carbonyl (C=O) groups excluding carboxylic acids is 1. The highest BCUT2D eigenvalue weighted by molar-refractivity contribution is 6.30. The van der Waals surface area contributed by atoms with E-state index < -0.39 is 0 Å². The van der Waals surface area contributed by atoms with Gasteiger partial charge in [0.15, 0.2) is 0 Å². The molecule has 0 N–H and O–H groups in total. The first-order chi connectivity index (χ1) is 17.1. The smallest absolute Gasteiger partial charge is 0.226 e. The molecule has 1 heterocycles. The molecule has 1 aliphatic heterocycles. The lowest BCUT2D eigenvalue weighted by Gasteiger charge is -2.36. The number of benzene rings is 3. The van der Waals surface area contributed by atoms with E-state index in [-0.39, 0.29) is 12.0 Å². The molecule has 0 aromatic heterocycles. The number of piperazine rings is 1. The fraction of sp³-hybridized carbons (Fsp3) is 0.367. The number of amides is 1. The van der Waals surface area contributed by atoms with Gasteiger partial charge in [0, 0.05) is 43.7 Å². The van der Waals surface area contributed by atoms with Crippen LogP contribution < -0.4 is 0 Å². The molecule has 182 valence electrons. The van der Waals surface area contributed by atoms with Crippen LogP contribution in [0.25, 0.3) is 0 Å². The maximum Gasteiger partial charge on any atom is 0.226 e. The number of aryl methyl sites for hydroxylation is 1. The third-order valence-corrected chi connectivity index (χ3v) is 7.47. The molecule has 1 amide bonds. The van der Waals surface area contributed by atoms with E-state index in [1.807, 2.05) is 18.2 Å². The van der Waals surface area contributed by atoms with E-state index in [1.165, 1.54) is 16.7 Å². The number of carbonyl (C=O) groups is 1. The summed E-state index contributed by atoms with van der Waals surface area (Å²) in [4.78, 5) is 17.6. The zero-order valence-electron chi connectivity index (χ0n) is 20.3. The van der Waals surface area contributed by atoms with Gasteiger partial charge in [-0.25, -0.2) is 0 Å². The molecule has 0 spiro atoms. The Labute approximate surface area is 213 Å². The third-order valence-electron chi connectivity index (χ3n) is 7.22. The van der Waals surface area contributed by atoms with Crippen molar-refractivity contribution in [2.24, 2.45) is 5.92 Å². The number of nitrogens with zero attached hydrogens (tertiary/aromatic N) is 2. The summed E-state index contributed by atoms with van der Waals surface area (Å²) < 4.78 is 6.43. The third kappa shape index (κ3) is 6.13. The normalized spacial score (nSPS) is 21.0. The molecule has 2 aliphatic rings. The Kier molecular flexibility index (Phi) is 7.52. The fourth-order valence-corrected chi connectivity index (χ4v) is 5.21. The Morgan fingerprint density at radius 2 is 1.71 bits per heavy atom. The van der Waals surface area contributed by atoms with Gasteiger partial charge in [-0.05, 0) is 48.1 Å². The van der Waals surface area contributed by atoms with Crippen molar-refractivity contribution < 1.29 is 9.53 Å². The summed E-state index contributed by atoms with van der Waals surface area (Å²) in [5.74, 6) is 0.873. The van der Waals surface area contributed by atoms with Gasteiger partial charge in [0.05, 0.1) is 12.7 Å². The highest BCUT2D eigenvalue weighted by atomic mass is 35.5. The van der Waals surface area contributed by atoms with Crippen LogP contribution in [0.3, 0.4) is 0 Å². The minimum atomic E-state index is -0.0547.